The Bertz CT molecular complexity index is 289. The molecule has 0 radical (unpaired) electrons. The fourth-order valence-electron chi connectivity index (χ4n) is 2.33. The molecule has 102 valence electrons. The summed E-state index contributed by atoms with van der Waals surface area (Å²) in [5.74, 6) is 0. The molecule has 1 aromatic rings. The van der Waals surface area contributed by atoms with Gasteiger partial charge in [0.05, 0.1) is 0 Å². The minimum Gasteiger partial charge on any atom is -0.330 e. The van der Waals surface area contributed by atoms with Gasteiger partial charge in [-0.05, 0) is 36.9 Å². The normalized spacial score (nSPS) is 10.8. The van der Waals surface area contributed by atoms with Crippen molar-refractivity contribution in [2.24, 2.45) is 5.73 Å². The monoisotopic (exact) mass is 247 g/mol. The molecule has 0 saturated carbocycles. The van der Waals surface area contributed by atoms with Gasteiger partial charge in [-0.15, -0.1) is 0 Å². The van der Waals surface area contributed by atoms with Crippen molar-refractivity contribution < 1.29 is 0 Å². The standard InChI is InChI=1S/C17H29N/c1-2-3-4-5-6-7-8-9-16-10-12-17(13-11-16)14-15-18/h10-13H,2-9,14-15,18H2,1H3. The third kappa shape index (κ3) is 6.80. The molecule has 1 aromatic carbocycles. The molecule has 0 amide bonds. The van der Waals surface area contributed by atoms with Gasteiger partial charge in [0.25, 0.3) is 0 Å². The first-order valence-electron chi connectivity index (χ1n) is 7.64. The van der Waals surface area contributed by atoms with Crippen molar-refractivity contribution >= 4 is 0 Å². The molecule has 1 nitrogen and oxygen atoms in total. The lowest BCUT2D eigenvalue weighted by atomic mass is 10.0. The van der Waals surface area contributed by atoms with E-state index in [0.717, 1.165) is 13.0 Å². The first-order chi connectivity index (χ1) is 8.86. The van der Waals surface area contributed by atoms with Crippen molar-refractivity contribution in [3.63, 3.8) is 0 Å². The zero-order chi connectivity index (χ0) is 13.1. The van der Waals surface area contributed by atoms with Crippen molar-refractivity contribution in [1.82, 2.24) is 0 Å². The summed E-state index contributed by atoms with van der Waals surface area (Å²) in [5, 5.41) is 0. The summed E-state index contributed by atoms with van der Waals surface area (Å²) in [6.45, 7) is 3.02. The second kappa shape index (κ2) is 10.1. The van der Waals surface area contributed by atoms with Crippen LogP contribution in [-0.4, -0.2) is 6.54 Å². The summed E-state index contributed by atoms with van der Waals surface area (Å²) < 4.78 is 0. The smallest absolute Gasteiger partial charge is 0.00367 e. The van der Waals surface area contributed by atoms with E-state index < -0.39 is 0 Å². The van der Waals surface area contributed by atoms with E-state index in [9.17, 15) is 0 Å². The first kappa shape index (κ1) is 15.2. The predicted octanol–water partition coefficient (Wildman–Crippen LogP) is 4.48. The number of unbranched alkanes of at least 4 members (excludes halogenated alkanes) is 6. The van der Waals surface area contributed by atoms with E-state index in [4.69, 9.17) is 5.73 Å². The number of benzene rings is 1. The summed E-state index contributed by atoms with van der Waals surface area (Å²) in [4.78, 5) is 0. The summed E-state index contributed by atoms with van der Waals surface area (Å²) in [7, 11) is 0. The molecule has 18 heavy (non-hydrogen) atoms. The Kier molecular flexibility index (Phi) is 8.58. The summed E-state index contributed by atoms with van der Waals surface area (Å²) in [6, 6.07) is 8.98. The lowest BCUT2D eigenvalue weighted by molar-refractivity contribution is 0.589. The van der Waals surface area contributed by atoms with E-state index in [1.54, 1.807) is 0 Å². The van der Waals surface area contributed by atoms with Gasteiger partial charge in [-0.2, -0.15) is 0 Å². The highest BCUT2D eigenvalue weighted by atomic mass is 14.5. The zero-order valence-electron chi connectivity index (χ0n) is 12.0. The molecule has 1 heteroatoms. The molecule has 2 N–H and O–H groups in total. The highest BCUT2D eigenvalue weighted by Crippen LogP contribution is 2.11. The molecular formula is C17H29N. The molecule has 0 saturated heterocycles. The van der Waals surface area contributed by atoms with Crippen LogP contribution in [0, 0.1) is 0 Å². The highest BCUT2D eigenvalue weighted by Gasteiger charge is 1.95. The molecular weight excluding hydrogens is 218 g/mol. The van der Waals surface area contributed by atoms with Crippen LogP contribution in [0.4, 0.5) is 0 Å². The molecule has 0 aliphatic heterocycles. The van der Waals surface area contributed by atoms with Crippen LogP contribution in [0.15, 0.2) is 24.3 Å². The Balaban J connectivity index is 2.08. The molecule has 0 atom stereocenters. The number of rotatable bonds is 10. The average molecular weight is 247 g/mol. The fourth-order valence-corrected chi connectivity index (χ4v) is 2.33. The van der Waals surface area contributed by atoms with Crippen LogP contribution in [0.1, 0.15) is 63.0 Å². The van der Waals surface area contributed by atoms with Crippen molar-refractivity contribution in [3.8, 4) is 0 Å². The van der Waals surface area contributed by atoms with Crippen LogP contribution in [-0.2, 0) is 12.8 Å². The maximum Gasteiger partial charge on any atom is -0.00367 e. The molecule has 0 aromatic heterocycles. The SMILES string of the molecule is CCCCCCCCCc1ccc(CCN)cc1. The van der Waals surface area contributed by atoms with Crippen LogP contribution in [0.3, 0.4) is 0 Å². The van der Waals surface area contributed by atoms with Crippen molar-refractivity contribution in [1.29, 1.82) is 0 Å². The topological polar surface area (TPSA) is 26.0 Å². The molecule has 0 fully saturated rings. The van der Waals surface area contributed by atoms with E-state index in [1.807, 2.05) is 0 Å². The van der Waals surface area contributed by atoms with Crippen molar-refractivity contribution in [3.05, 3.63) is 35.4 Å². The Morgan fingerprint density at radius 1 is 0.722 bits per heavy atom. The second-order valence-electron chi connectivity index (χ2n) is 5.23. The summed E-state index contributed by atoms with van der Waals surface area (Å²) in [6.07, 6.45) is 11.9. The minimum atomic E-state index is 0.747. The Morgan fingerprint density at radius 2 is 1.22 bits per heavy atom. The minimum absolute atomic E-state index is 0.747. The van der Waals surface area contributed by atoms with Gasteiger partial charge < -0.3 is 5.73 Å². The molecule has 0 aliphatic rings. The Hall–Kier alpha value is -0.820. The lowest BCUT2D eigenvalue weighted by Crippen LogP contribution is -2.02. The molecule has 1 rings (SSSR count). The van der Waals surface area contributed by atoms with Gasteiger partial charge in [0.2, 0.25) is 0 Å². The van der Waals surface area contributed by atoms with Gasteiger partial charge >= 0.3 is 0 Å². The molecule has 0 bridgehead atoms. The third-order valence-electron chi connectivity index (χ3n) is 3.52. The van der Waals surface area contributed by atoms with E-state index in [1.165, 1.54) is 62.5 Å². The van der Waals surface area contributed by atoms with Crippen LogP contribution in [0.25, 0.3) is 0 Å². The Labute approximate surface area is 113 Å². The predicted molar refractivity (Wildman–Crippen MR) is 80.9 cm³/mol. The highest BCUT2D eigenvalue weighted by molar-refractivity contribution is 5.22. The number of nitrogens with two attached hydrogens (primary N) is 1. The fraction of sp³-hybridized carbons (Fsp3) is 0.647. The van der Waals surface area contributed by atoms with Gasteiger partial charge in [-0.3, -0.25) is 0 Å². The maximum atomic E-state index is 5.55. The summed E-state index contributed by atoms with van der Waals surface area (Å²) in [5.41, 5.74) is 8.38. The van der Waals surface area contributed by atoms with Crippen LogP contribution < -0.4 is 5.73 Å². The van der Waals surface area contributed by atoms with Crippen LogP contribution in [0.5, 0.6) is 0 Å². The molecule has 0 aliphatic carbocycles. The second-order valence-corrected chi connectivity index (χ2v) is 5.23. The molecule has 0 unspecified atom stereocenters. The van der Waals surface area contributed by atoms with Gasteiger partial charge in [-0.1, -0.05) is 69.7 Å². The largest absolute Gasteiger partial charge is 0.330 e. The number of hydrogen-bond donors (Lipinski definition) is 1. The van der Waals surface area contributed by atoms with E-state index >= 15 is 0 Å². The van der Waals surface area contributed by atoms with Crippen LogP contribution >= 0.6 is 0 Å². The Morgan fingerprint density at radius 3 is 1.78 bits per heavy atom. The maximum absolute atomic E-state index is 5.55. The van der Waals surface area contributed by atoms with Crippen molar-refractivity contribution in [2.45, 2.75) is 64.7 Å². The molecule has 0 spiro atoms. The average Bonchev–Trinajstić information content (AvgIpc) is 2.40. The van der Waals surface area contributed by atoms with Crippen molar-refractivity contribution in [2.75, 3.05) is 6.54 Å². The van der Waals surface area contributed by atoms with E-state index in [2.05, 4.69) is 31.2 Å². The lowest BCUT2D eigenvalue weighted by Gasteiger charge is -2.04. The quantitative estimate of drug-likeness (QED) is 0.606. The van der Waals surface area contributed by atoms with Gasteiger partial charge in [0, 0.05) is 0 Å². The van der Waals surface area contributed by atoms with Gasteiger partial charge in [0.1, 0.15) is 0 Å². The van der Waals surface area contributed by atoms with Gasteiger partial charge in [-0.25, -0.2) is 0 Å². The van der Waals surface area contributed by atoms with E-state index in [0.29, 0.717) is 0 Å². The van der Waals surface area contributed by atoms with E-state index in [-0.39, 0.29) is 0 Å². The third-order valence-corrected chi connectivity index (χ3v) is 3.52. The first-order valence-corrected chi connectivity index (χ1v) is 7.64. The summed E-state index contributed by atoms with van der Waals surface area (Å²) >= 11 is 0. The van der Waals surface area contributed by atoms with Gasteiger partial charge in [0.15, 0.2) is 0 Å². The molecule has 0 heterocycles. The number of aryl methyl sites for hydroxylation is 1. The number of hydrogen-bond acceptors (Lipinski definition) is 1. The van der Waals surface area contributed by atoms with Crippen LogP contribution in [0.2, 0.25) is 0 Å². The zero-order valence-corrected chi connectivity index (χ0v) is 12.0.